The maximum absolute atomic E-state index is 12.9. The fourth-order valence-corrected chi connectivity index (χ4v) is 4.31. The molecule has 2 heterocycles. The van der Waals surface area contributed by atoms with Crippen LogP contribution >= 0.6 is 11.6 Å². The van der Waals surface area contributed by atoms with Gasteiger partial charge in [-0.3, -0.25) is 9.69 Å². The highest BCUT2D eigenvalue weighted by Crippen LogP contribution is 2.35. The smallest absolute Gasteiger partial charge is 0.338 e. The standard InChI is InChI=1S/C23H22ClN3O4/c1-12-7-13(2)20(14(3)8-12)25-18(28)10-27-17-11-31-22(29)19(17)21(26-23(27)30)15-5-4-6-16(24)9-15/h4-9,21H,10-11H2,1-3H3,(H,25,28)(H,26,30). The molecule has 2 aliphatic heterocycles. The van der Waals surface area contributed by atoms with Gasteiger partial charge in [0.2, 0.25) is 5.91 Å². The molecule has 2 aromatic carbocycles. The Bertz CT molecular complexity index is 1120. The Balaban J connectivity index is 1.61. The monoisotopic (exact) mass is 439 g/mol. The lowest BCUT2D eigenvalue weighted by atomic mass is 9.96. The molecule has 2 aromatic rings. The number of urea groups is 1. The SMILES string of the molecule is Cc1cc(C)c(NC(=O)CN2C(=O)NC(c3cccc(Cl)c3)C3=C2COC3=O)c(C)c1. The highest BCUT2D eigenvalue weighted by atomic mass is 35.5. The van der Waals surface area contributed by atoms with Crippen molar-refractivity contribution in [1.29, 1.82) is 0 Å². The van der Waals surface area contributed by atoms with Crippen LogP contribution in [0.1, 0.15) is 28.3 Å². The minimum Gasteiger partial charge on any atom is -0.456 e. The van der Waals surface area contributed by atoms with Crippen molar-refractivity contribution in [2.45, 2.75) is 26.8 Å². The van der Waals surface area contributed by atoms with E-state index in [1.165, 1.54) is 4.90 Å². The number of rotatable bonds is 4. The molecule has 0 spiro atoms. The molecule has 0 bridgehead atoms. The topological polar surface area (TPSA) is 87.7 Å². The summed E-state index contributed by atoms with van der Waals surface area (Å²) in [6, 6.07) is 9.73. The lowest BCUT2D eigenvalue weighted by Crippen LogP contribution is -2.49. The third-order valence-electron chi connectivity index (χ3n) is 5.42. The van der Waals surface area contributed by atoms with Gasteiger partial charge >= 0.3 is 12.0 Å². The van der Waals surface area contributed by atoms with Crippen molar-refractivity contribution in [3.63, 3.8) is 0 Å². The summed E-state index contributed by atoms with van der Waals surface area (Å²) in [6.07, 6.45) is 0. The Morgan fingerprint density at radius 2 is 1.90 bits per heavy atom. The number of carbonyl (C=O) groups excluding carboxylic acids is 3. The first-order chi connectivity index (χ1) is 14.7. The summed E-state index contributed by atoms with van der Waals surface area (Å²) in [6.45, 7) is 5.53. The van der Waals surface area contributed by atoms with Gasteiger partial charge in [0.25, 0.3) is 0 Å². The number of cyclic esters (lactones) is 1. The first-order valence-corrected chi connectivity index (χ1v) is 10.2. The predicted octanol–water partition coefficient (Wildman–Crippen LogP) is 3.78. The summed E-state index contributed by atoms with van der Waals surface area (Å²) >= 11 is 6.08. The van der Waals surface area contributed by atoms with E-state index in [-0.39, 0.29) is 19.1 Å². The lowest BCUT2D eigenvalue weighted by molar-refractivity contribution is -0.136. The summed E-state index contributed by atoms with van der Waals surface area (Å²) in [5.41, 5.74) is 5.08. The maximum Gasteiger partial charge on any atom is 0.338 e. The Hall–Kier alpha value is -3.32. The first-order valence-electron chi connectivity index (χ1n) is 9.86. The quantitative estimate of drug-likeness (QED) is 0.709. The second-order valence-electron chi connectivity index (χ2n) is 7.78. The number of anilines is 1. The molecule has 0 aliphatic carbocycles. The summed E-state index contributed by atoms with van der Waals surface area (Å²) < 4.78 is 5.20. The van der Waals surface area contributed by atoms with E-state index >= 15 is 0 Å². The zero-order chi connectivity index (χ0) is 22.3. The summed E-state index contributed by atoms with van der Waals surface area (Å²) in [5, 5.41) is 6.18. The molecule has 0 saturated carbocycles. The van der Waals surface area contributed by atoms with E-state index in [1.807, 2.05) is 32.9 Å². The average Bonchev–Trinajstić information content (AvgIpc) is 3.08. The van der Waals surface area contributed by atoms with Crippen LogP contribution in [0.5, 0.6) is 0 Å². The van der Waals surface area contributed by atoms with Gasteiger partial charge in [0.1, 0.15) is 13.2 Å². The fourth-order valence-electron chi connectivity index (χ4n) is 4.11. The highest BCUT2D eigenvalue weighted by molar-refractivity contribution is 6.30. The van der Waals surface area contributed by atoms with Gasteiger partial charge in [-0.2, -0.15) is 0 Å². The number of esters is 1. The van der Waals surface area contributed by atoms with E-state index in [0.717, 1.165) is 22.4 Å². The second-order valence-corrected chi connectivity index (χ2v) is 8.22. The van der Waals surface area contributed by atoms with Crippen LogP contribution in [-0.2, 0) is 14.3 Å². The molecule has 2 aliphatic rings. The number of amides is 3. The van der Waals surface area contributed by atoms with Gasteiger partial charge in [0, 0.05) is 10.7 Å². The number of hydrogen-bond acceptors (Lipinski definition) is 4. The number of nitrogens with one attached hydrogen (secondary N) is 2. The van der Waals surface area contributed by atoms with Gasteiger partial charge in [0.15, 0.2) is 0 Å². The lowest BCUT2D eigenvalue weighted by Gasteiger charge is -2.32. The van der Waals surface area contributed by atoms with Gasteiger partial charge in [-0.1, -0.05) is 41.4 Å². The van der Waals surface area contributed by atoms with Gasteiger partial charge in [-0.05, 0) is 49.6 Å². The number of hydrogen-bond donors (Lipinski definition) is 2. The number of nitrogens with zero attached hydrogens (tertiary/aromatic N) is 1. The second kappa shape index (κ2) is 8.07. The molecule has 0 saturated heterocycles. The molecule has 31 heavy (non-hydrogen) atoms. The minimum absolute atomic E-state index is 0.0610. The van der Waals surface area contributed by atoms with E-state index in [2.05, 4.69) is 10.6 Å². The minimum atomic E-state index is -0.683. The third-order valence-corrected chi connectivity index (χ3v) is 5.66. The van der Waals surface area contributed by atoms with Crippen molar-refractivity contribution in [1.82, 2.24) is 10.2 Å². The average molecular weight is 440 g/mol. The van der Waals surface area contributed by atoms with Crippen LogP contribution < -0.4 is 10.6 Å². The zero-order valence-corrected chi connectivity index (χ0v) is 18.2. The van der Waals surface area contributed by atoms with Gasteiger partial charge < -0.3 is 15.4 Å². The van der Waals surface area contributed by atoms with Crippen LogP contribution in [0, 0.1) is 20.8 Å². The molecule has 7 nitrogen and oxygen atoms in total. The van der Waals surface area contributed by atoms with E-state index in [0.29, 0.717) is 21.9 Å². The maximum atomic E-state index is 12.9. The predicted molar refractivity (Wildman–Crippen MR) is 117 cm³/mol. The summed E-state index contributed by atoms with van der Waals surface area (Å²) in [5.74, 6) is -0.881. The molecular formula is C23H22ClN3O4. The van der Waals surface area contributed by atoms with Gasteiger partial charge in [-0.25, -0.2) is 9.59 Å². The summed E-state index contributed by atoms with van der Waals surface area (Å²) in [4.78, 5) is 39.4. The number of halogens is 1. The fraction of sp³-hybridized carbons (Fsp3) is 0.261. The van der Waals surface area contributed by atoms with Gasteiger partial charge in [0.05, 0.1) is 17.3 Å². The van der Waals surface area contributed by atoms with Crippen LogP contribution in [-0.4, -0.2) is 36.0 Å². The van der Waals surface area contributed by atoms with Crippen molar-refractivity contribution < 1.29 is 19.1 Å². The van der Waals surface area contributed by atoms with E-state index < -0.39 is 18.0 Å². The van der Waals surface area contributed by atoms with Crippen LogP contribution in [0.25, 0.3) is 0 Å². The number of carbonyl (C=O) groups is 3. The molecule has 1 atom stereocenters. The van der Waals surface area contributed by atoms with Crippen molar-refractivity contribution in [2.24, 2.45) is 0 Å². The third kappa shape index (κ3) is 4.01. The Morgan fingerprint density at radius 3 is 2.58 bits per heavy atom. The first kappa shape index (κ1) is 20.9. The van der Waals surface area contributed by atoms with Crippen LogP contribution in [0.3, 0.4) is 0 Å². The van der Waals surface area contributed by atoms with Gasteiger partial charge in [-0.15, -0.1) is 0 Å². The number of aryl methyl sites for hydroxylation is 3. The highest BCUT2D eigenvalue weighted by Gasteiger charge is 2.42. The molecule has 0 fully saturated rings. The Kier molecular flexibility index (Phi) is 5.45. The molecule has 3 amide bonds. The normalized spacial score (nSPS) is 17.9. The Labute approximate surface area is 185 Å². The van der Waals surface area contributed by atoms with Crippen molar-refractivity contribution in [2.75, 3.05) is 18.5 Å². The molecule has 1 unspecified atom stereocenters. The molecule has 160 valence electrons. The molecule has 0 aromatic heterocycles. The molecule has 4 rings (SSSR count). The van der Waals surface area contributed by atoms with Crippen LogP contribution in [0.2, 0.25) is 5.02 Å². The number of ether oxygens (including phenoxy) is 1. The van der Waals surface area contributed by atoms with E-state index in [9.17, 15) is 14.4 Å². The largest absolute Gasteiger partial charge is 0.456 e. The van der Waals surface area contributed by atoms with Crippen LogP contribution in [0.15, 0.2) is 47.7 Å². The molecule has 2 N–H and O–H groups in total. The Morgan fingerprint density at radius 1 is 1.19 bits per heavy atom. The zero-order valence-electron chi connectivity index (χ0n) is 17.4. The summed E-state index contributed by atoms with van der Waals surface area (Å²) in [7, 11) is 0. The van der Waals surface area contributed by atoms with Crippen molar-refractivity contribution in [3.05, 3.63) is 74.9 Å². The van der Waals surface area contributed by atoms with E-state index in [1.54, 1.807) is 24.3 Å². The van der Waals surface area contributed by atoms with Crippen molar-refractivity contribution in [3.8, 4) is 0 Å². The van der Waals surface area contributed by atoms with Crippen LogP contribution in [0.4, 0.5) is 10.5 Å². The van der Waals surface area contributed by atoms with E-state index in [4.69, 9.17) is 16.3 Å². The molecule has 8 heteroatoms. The molecular weight excluding hydrogens is 418 g/mol. The molecule has 0 radical (unpaired) electrons. The van der Waals surface area contributed by atoms with Crippen molar-refractivity contribution >= 4 is 35.2 Å². The number of benzene rings is 2.